The van der Waals surface area contributed by atoms with Gasteiger partial charge in [0.15, 0.2) is 0 Å². The molecule has 0 aliphatic rings. The van der Waals surface area contributed by atoms with Crippen molar-refractivity contribution in [1.82, 2.24) is 10.6 Å². The molecule has 0 heterocycles. The number of amides is 2. The monoisotopic (exact) mass is 524 g/mol. The Labute approximate surface area is 225 Å². The molecule has 2 N–H and O–H groups in total. The Morgan fingerprint density at radius 3 is 1.03 bits per heavy atom. The topological polar surface area (TPSA) is 111 Å². The number of hydrogen-bond acceptors (Lipinski definition) is 6. The number of carbonyl (C=O) groups excluding carboxylic acids is 4. The van der Waals surface area contributed by atoms with Crippen LogP contribution in [0.3, 0.4) is 0 Å². The molecular weight excluding hydrogens is 484 g/mol. The van der Waals surface area contributed by atoms with Crippen molar-refractivity contribution in [3.8, 4) is 0 Å². The number of hydrogen-bond donors (Lipinski definition) is 2. The van der Waals surface area contributed by atoms with Crippen LogP contribution in [0.4, 0.5) is 0 Å². The molecule has 0 atom stereocenters. The van der Waals surface area contributed by atoms with Crippen LogP contribution in [-0.4, -0.2) is 51.1 Å². The number of methoxy groups -OCH3 is 2. The van der Waals surface area contributed by atoms with E-state index in [4.69, 9.17) is 0 Å². The van der Waals surface area contributed by atoms with Crippen LogP contribution in [0.15, 0.2) is 48.5 Å². The first kappa shape index (κ1) is 30.5. The fourth-order valence-electron chi connectivity index (χ4n) is 4.02. The Morgan fingerprint density at radius 1 is 0.474 bits per heavy atom. The van der Waals surface area contributed by atoms with E-state index in [1.165, 1.54) is 39.9 Å². The van der Waals surface area contributed by atoms with Gasteiger partial charge in [0, 0.05) is 24.2 Å². The average molecular weight is 525 g/mol. The molecule has 0 spiro atoms. The minimum atomic E-state index is -0.416. The molecule has 2 aromatic rings. The van der Waals surface area contributed by atoms with Gasteiger partial charge in [-0.2, -0.15) is 0 Å². The van der Waals surface area contributed by atoms with E-state index in [-0.39, 0.29) is 11.8 Å². The van der Waals surface area contributed by atoms with Crippen molar-refractivity contribution in [2.45, 2.75) is 64.2 Å². The number of esters is 2. The van der Waals surface area contributed by atoms with Gasteiger partial charge in [0.25, 0.3) is 11.8 Å². The van der Waals surface area contributed by atoms with E-state index in [1.54, 1.807) is 48.5 Å². The summed E-state index contributed by atoms with van der Waals surface area (Å²) in [5.74, 6) is -1.09. The van der Waals surface area contributed by atoms with Crippen LogP contribution < -0.4 is 10.6 Å². The third-order valence-corrected chi connectivity index (χ3v) is 6.31. The number of nitrogens with one attached hydrogen (secondary N) is 2. The van der Waals surface area contributed by atoms with Crippen LogP contribution in [0.1, 0.15) is 106 Å². The second kappa shape index (κ2) is 17.7. The molecule has 0 saturated heterocycles. The lowest BCUT2D eigenvalue weighted by atomic mass is 10.1. The molecule has 206 valence electrons. The van der Waals surface area contributed by atoms with E-state index in [0.29, 0.717) is 35.3 Å². The standard InChI is InChI=1S/C30H40N2O6/c1-37-29(35)25-17-13-23(14-18-25)27(33)31-21-11-9-7-5-3-4-6-8-10-12-22-32-28(34)24-15-19-26(20-16-24)30(36)38-2/h13-20H,3-12,21-22H2,1-2H3,(H,31,33)(H,32,34). The number of ether oxygens (including phenoxy) is 2. The largest absolute Gasteiger partial charge is 0.465 e. The van der Waals surface area contributed by atoms with Gasteiger partial charge in [0.05, 0.1) is 25.3 Å². The van der Waals surface area contributed by atoms with Gasteiger partial charge >= 0.3 is 11.9 Å². The minimum Gasteiger partial charge on any atom is -0.465 e. The first-order chi connectivity index (χ1) is 18.5. The van der Waals surface area contributed by atoms with E-state index in [1.807, 2.05) is 0 Å². The first-order valence-corrected chi connectivity index (χ1v) is 13.4. The molecule has 38 heavy (non-hydrogen) atoms. The molecule has 2 aromatic carbocycles. The van der Waals surface area contributed by atoms with E-state index in [2.05, 4.69) is 20.1 Å². The van der Waals surface area contributed by atoms with Gasteiger partial charge in [0.2, 0.25) is 0 Å². The van der Waals surface area contributed by atoms with E-state index >= 15 is 0 Å². The van der Waals surface area contributed by atoms with Crippen LogP contribution in [0.5, 0.6) is 0 Å². The molecule has 2 rings (SSSR count). The summed E-state index contributed by atoms with van der Waals surface area (Å²) < 4.78 is 9.32. The quantitative estimate of drug-likeness (QED) is 0.214. The fraction of sp³-hybridized carbons (Fsp3) is 0.467. The predicted octanol–water partition coefficient (Wildman–Crippen LogP) is 5.32. The summed E-state index contributed by atoms with van der Waals surface area (Å²) in [6, 6.07) is 12.9. The number of rotatable bonds is 17. The Bertz CT molecular complexity index is 935. The summed E-state index contributed by atoms with van der Waals surface area (Å²) in [5, 5.41) is 5.85. The Morgan fingerprint density at radius 2 is 0.737 bits per heavy atom. The van der Waals surface area contributed by atoms with Crippen LogP contribution in [0, 0.1) is 0 Å². The highest BCUT2D eigenvalue weighted by molar-refractivity contribution is 5.96. The smallest absolute Gasteiger partial charge is 0.337 e. The number of unbranched alkanes of at least 4 members (excludes halogenated alkanes) is 9. The van der Waals surface area contributed by atoms with Crippen molar-refractivity contribution in [1.29, 1.82) is 0 Å². The summed E-state index contributed by atoms with van der Waals surface area (Å²) in [5.41, 5.74) is 1.92. The van der Waals surface area contributed by atoms with Gasteiger partial charge in [0.1, 0.15) is 0 Å². The normalized spacial score (nSPS) is 10.5. The predicted molar refractivity (Wildman–Crippen MR) is 146 cm³/mol. The molecule has 0 bridgehead atoms. The molecule has 0 aliphatic carbocycles. The van der Waals surface area contributed by atoms with Crippen molar-refractivity contribution in [2.75, 3.05) is 27.3 Å². The zero-order valence-electron chi connectivity index (χ0n) is 22.6. The highest BCUT2D eigenvalue weighted by Gasteiger charge is 2.09. The van der Waals surface area contributed by atoms with Crippen molar-refractivity contribution in [2.24, 2.45) is 0 Å². The SMILES string of the molecule is COC(=O)c1ccc(C(=O)NCCCCCCCCCCCCNC(=O)c2ccc(C(=O)OC)cc2)cc1. The Balaban J connectivity index is 1.40. The van der Waals surface area contributed by atoms with Crippen molar-refractivity contribution in [3.63, 3.8) is 0 Å². The highest BCUT2D eigenvalue weighted by Crippen LogP contribution is 2.11. The van der Waals surface area contributed by atoms with Gasteiger partial charge in [-0.05, 0) is 61.4 Å². The van der Waals surface area contributed by atoms with E-state index < -0.39 is 11.9 Å². The Kier molecular flexibility index (Phi) is 14.2. The summed E-state index contributed by atoms with van der Waals surface area (Å²) in [6.07, 6.45) is 11.3. The minimum absolute atomic E-state index is 0.129. The molecule has 8 heteroatoms. The highest BCUT2D eigenvalue weighted by atomic mass is 16.5. The molecule has 0 aromatic heterocycles. The molecule has 2 amide bonds. The third-order valence-electron chi connectivity index (χ3n) is 6.31. The number of carbonyl (C=O) groups is 4. The zero-order chi connectivity index (χ0) is 27.6. The van der Waals surface area contributed by atoms with Crippen molar-refractivity contribution >= 4 is 23.8 Å². The van der Waals surface area contributed by atoms with Crippen LogP contribution in [0.2, 0.25) is 0 Å². The first-order valence-electron chi connectivity index (χ1n) is 13.4. The summed E-state index contributed by atoms with van der Waals surface area (Å²) >= 11 is 0. The molecule has 0 aliphatic heterocycles. The number of benzene rings is 2. The molecule has 0 radical (unpaired) electrons. The lowest BCUT2D eigenvalue weighted by Crippen LogP contribution is -2.24. The van der Waals surface area contributed by atoms with Gasteiger partial charge in [-0.3, -0.25) is 9.59 Å². The molecule has 0 fully saturated rings. The molecular formula is C30H40N2O6. The zero-order valence-corrected chi connectivity index (χ0v) is 22.6. The third kappa shape index (κ3) is 11.2. The molecule has 0 unspecified atom stereocenters. The Hall–Kier alpha value is -3.68. The summed E-state index contributed by atoms with van der Waals surface area (Å²) in [4.78, 5) is 47.2. The van der Waals surface area contributed by atoms with Crippen LogP contribution >= 0.6 is 0 Å². The lowest BCUT2D eigenvalue weighted by Gasteiger charge is -2.07. The maximum Gasteiger partial charge on any atom is 0.337 e. The van der Waals surface area contributed by atoms with Gasteiger partial charge in [-0.15, -0.1) is 0 Å². The summed E-state index contributed by atoms with van der Waals surface area (Å²) in [7, 11) is 2.66. The van der Waals surface area contributed by atoms with Gasteiger partial charge in [-0.1, -0.05) is 51.4 Å². The maximum absolute atomic E-state index is 12.2. The van der Waals surface area contributed by atoms with Crippen LogP contribution in [0.25, 0.3) is 0 Å². The fourth-order valence-corrected chi connectivity index (χ4v) is 4.02. The maximum atomic E-state index is 12.2. The lowest BCUT2D eigenvalue weighted by molar-refractivity contribution is 0.0592. The van der Waals surface area contributed by atoms with E-state index in [0.717, 1.165) is 38.5 Å². The second-order valence-corrected chi connectivity index (χ2v) is 9.19. The van der Waals surface area contributed by atoms with E-state index in [9.17, 15) is 19.2 Å². The van der Waals surface area contributed by atoms with Crippen molar-refractivity contribution < 1.29 is 28.7 Å². The molecule has 0 saturated carbocycles. The molecule has 8 nitrogen and oxygen atoms in total. The van der Waals surface area contributed by atoms with Crippen molar-refractivity contribution in [3.05, 3.63) is 70.8 Å². The second-order valence-electron chi connectivity index (χ2n) is 9.19. The summed E-state index contributed by atoms with van der Waals surface area (Å²) in [6.45, 7) is 1.29. The van der Waals surface area contributed by atoms with Gasteiger partial charge in [-0.25, -0.2) is 9.59 Å². The average Bonchev–Trinajstić information content (AvgIpc) is 2.96. The van der Waals surface area contributed by atoms with Crippen LogP contribution in [-0.2, 0) is 9.47 Å². The van der Waals surface area contributed by atoms with Gasteiger partial charge < -0.3 is 20.1 Å².